The van der Waals surface area contributed by atoms with Crippen LogP contribution >= 0.6 is 0 Å². The lowest BCUT2D eigenvalue weighted by Gasteiger charge is -2.08. The Morgan fingerprint density at radius 2 is 1.60 bits per heavy atom. The summed E-state index contributed by atoms with van der Waals surface area (Å²) >= 11 is 0. The van der Waals surface area contributed by atoms with Crippen molar-refractivity contribution in [2.45, 2.75) is 11.8 Å². The Bertz CT molecular complexity index is 862. The highest BCUT2D eigenvalue weighted by atomic mass is 32.2. The highest BCUT2D eigenvalue weighted by molar-refractivity contribution is 7.89. The van der Waals surface area contributed by atoms with E-state index >= 15 is 0 Å². The molecule has 8 nitrogen and oxygen atoms in total. The second-order valence-electron chi connectivity index (χ2n) is 5.20. The first-order chi connectivity index (χ1) is 11.8. The number of hydrogen-bond donors (Lipinski definition) is 4. The van der Waals surface area contributed by atoms with E-state index in [0.29, 0.717) is 11.3 Å². The molecule has 2 amide bonds. The summed E-state index contributed by atoms with van der Waals surface area (Å²) < 4.78 is 26.0. The molecule has 2 aromatic rings. The highest BCUT2D eigenvalue weighted by Gasteiger charge is 2.15. The number of carbonyl (C=O) groups excluding carboxylic acids is 2. The highest BCUT2D eigenvalue weighted by Crippen LogP contribution is 2.15. The maximum atomic E-state index is 12.1. The summed E-state index contributed by atoms with van der Waals surface area (Å²) in [6.45, 7) is 1.32. The van der Waals surface area contributed by atoms with Crippen molar-refractivity contribution >= 4 is 27.5 Å². The number of anilines is 1. The van der Waals surface area contributed by atoms with Crippen LogP contribution < -0.4 is 15.5 Å². The number of rotatable bonds is 6. The Morgan fingerprint density at radius 1 is 1.00 bits per heavy atom. The third-order valence-corrected chi connectivity index (χ3v) is 4.70. The molecular formula is C16H17N3O5S. The molecule has 0 aliphatic heterocycles. The average molecular weight is 363 g/mol. The first-order valence-electron chi connectivity index (χ1n) is 7.22. The minimum absolute atomic E-state index is 0.0772. The molecule has 0 heterocycles. The van der Waals surface area contributed by atoms with E-state index in [1.807, 2.05) is 23.8 Å². The minimum Gasteiger partial charge on any atom is -0.322 e. The maximum Gasteiger partial charge on any atom is 0.258 e. The molecule has 2 aromatic carbocycles. The second kappa shape index (κ2) is 7.88. The van der Waals surface area contributed by atoms with Gasteiger partial charge < -0.3 is 5.32 Å². The van der Waals surface area contributed by atoms with Gasteiger partial charge in [-0.05, 0) is 43.3 Å². The van der Waals surface area contributed by atoms with Gasteiger partial charge in [0.2, 0.25) is 10.0 Å². The van der Waals surface area contributed by atoms with Crippen molar-refractivity contribution in [2.24, 2.45) is 0 Å². The Balaban J connectivity index is 2.05. The molecule has 132 valence electrons. The zero-order valence-corrected chi connectivity index (χ0v) is 14.1. The van der Waals surface area contributed by atoms with E-state index < -0.39 is 22.5 Å². The van der Waals surface area contributed by atoms with Crippen LogP contribution in [0.5, 0.6) is 0 Å². The van der Waals surface area contributed by atoms with Crippen LogP contribution in [0.2, 0.25) is 0 Å². The Labute approximate surface area is 144 Å². The first kappa shape index (κ1) is 18.6. The van der Waals surface area contributed by atoms with Crippen molar-refractivity contribution in [2.75, 3.05) is 11.9 Å². The molecule has 0 unspecified atom stereocenters. The topological polar surface area (TPSA) is 125 Å². The smallest absolute Gasteiger partial charge is 0.258 e. The fourth-order valence-electron chi connectivity index (χ4n) is 1.91. The number of hydroxylamine groups is 1. The molecule has 0 fully saturated rings. The summed E-state index contributed by atoms with van der Waals surface area (Å²) in [5.41, 5.74) is 3.27. The molecule has 0 bridgehead atoms. The second-order valence-corrected chi connectivity index (χ2v) is 6.97. The number of sulfonamides is 1. The van der Waals surface area contributed by atoms with Gasteiger partial charge in [0.1, 0.15) is 0 Å². The molecule has 9 heteroatoms. The van der Waals surface area contributed by atoms with Crippen molar-refractivity contribution in [1.29, 1.82) is 0 Å². The molecule has 0 radical (unpaired) electrons. The van der Waals surface area contributed by atoms with Gasteiger partial charge in [0.15, 0.2) is 0 Å². The fraction of sp³-hybridized carbons (Fsp3) is 0.125. The minimum atomic E-state index is -3.90. The molecule has 0 aromatic heterocycles. The molecule has 0 aliphatic rings. The monoisotopic (exact) mass is 363 g/mol. The van der Waals surface area contributed by atoms with Crippen molar-refractivity contribution in [1.82, 2.24) is 10.2 Å². The van der Waals surface area contributed by atoms with Gasteiger partial charge in [0.05, 0.1) is 11.4 Å². The molecule has 25 heavy (non-hydrogen) atoms. The van der Waals surface area contributed by atoms with Gasteiger partial charge in [0, 0.05) is 11.3 Å². The predicted octanol–water partition coefficient (Wildman–Crippen LogP) is 1.03. The van der Waals surface area contributed by atoms with Crippen molar-refractivity contribution in [3.8, 4) is 0 Å². The zero-order chi connectivity index (χ0) is 18.4. The Hall–Kier alpha value is -2.75. The Kier molecular flexibility index (Phi) is 5.86. The third-order valence-electron chi connectivity index (χ3n) is 3.28. The van der Waals surface area contributed by atoms with Gasteiger partial charge in [-0.1, -0.05) is 17.7 Å². The number of benzene rings is 2. The molecule has 0 saturated heterocycles. The quantitative estimate of drug-likeness (QED) is 0.451. The van der Waals surface area contributed by atoms with Gasteiger partial charge in [-0.2, -0.15) is 0 Å². The number of amides is 2. The van der Waals surface area contributed by atoms with Gasteiger partial charge in [-0.25, -0.2) is 18.6 Å². The maximum absolute atomic E-state index is 12.1. The third kappa shape index (κ3) is 5.11. The normalized spacial score (nSPS) is 11.0. The lowest BCUT2D eigenvalue weighted by Crippen LogP contribution is -2.35. The summed E-state index contributed by atoms with van der Waals surface area (Å²) in [6.07, 6.45) is 0. The molecule has 0 spiro atoms. The molecule has 4 N–H and O–H groups in total. The van der Waals surface area contributed by atoms with Crippen LogP contribution in [0.4, 0.5) is 5.69 Å². The predicted molar refractivity (Wildman–Crippen MR) is 90.7 cm³/mol. The number of hydrogen-bond acceptors (Lipinski definition) is 5. The number of nitrogens with one attached hydrogen (secondary N) is 3. The summed E-state index contributed by atoms with van der Waals surface area (Å²) in [4.78, 5) is 22.9. The lowest BCUT2D eigenvalue weighted by molar-refractivity contribution is -0.127. The van der Waals surface area contributed by atoms with Crippen LogP contribution in [0.25, 0.3) is 0 Å². The van der Waals surface area contributed by atoms with Crippen LogP contribution in [0.15, 0.2) is 53.4 Å². The SMILES string of the molecule is Cc1ccc(C(=O)Nc2ccc(S(=O)(=O)NCC(=O)NO)cc2)cc1. The van der Waals surface area contributed by atoms with E-state index in [-0.39, 0.29) is 10.8 Å². The first-order valence-corrected chi connectivity index (χ1v) is 8.71. The zero-order valence-electron chi connectivity index (χ0n) is 13.3. The molecule has 0 saturated carbocycles. The van der Waals surface area contributed by atoms with E-state index in [1.54, 1.807) is 12.1 Å². The van der Waals surface area contributed by atoms with Crippen molar-refractivity contribution in [3.63, 3.8) is 0 Å². The van der Waals surface area contributed by atoms with Gasteiger partial charge in [0.25, 0.3) is 11.8 Å². The molecular weight excluding hydrogens is 346 g/mol. The van der Waals surface area contributed by atoms with E-state index in [2.05, 4.69) is 5.32 Å². The van der Waals surface area contributed by atoms with Gasteiger partial charge in [-0.15, -0.1) is 0 Å². The summed E-state index contributed by atoms with van der Waals surface area (Å²) in [7, 11) is -3.90. The van der Waals surface area contributed by atoms with E-state index in [4.69, 9.17) is 5.21 Å². The van der Waals surface area contributed by atoms with Crippen LogP contribution in [0.3, 0.4) is 0 Å². The van der Waals surface area contributed by atoms with E-state index in [1.165, 1.54) is 29.7 Å². The van der Waals surface area contributed by atoms with E-state index in [0.717, 1.165) is 5.56 Å². The van der Waals surface area contributed by atoms with Crippen LogP contribution in [0, 0.1) is 6.92 Å². The molecule has 0 atom stereocenters. The van der Waals surface area contributed by atoms with Crippen LogP contribution in [-0.2, 0) is 14.8 Å². The lowest BCUT2D eigenvalue weighted by atomic mass is 10.1. The van der Waals surface area contributed by atoms with Crippen molar-refractivity contribution in [3.05, 3.63) is 59.7 Å². The Morgan fingerprint density at radius 3 is 2.16 bits per heavy atom. The standard InChI is InChI=1S/C16H17N3O5S/c1-11-2-4-12(5-3-11)16(21)18-13-6-8-14(9-7-13)25(23,24)17-10-15(20)19-22/h2-9,17,22H,10H2,1H3,(H,18,21)(H,19,20). The van der Waals surface area contributed by atoms with E-state index in [9.17, 15) is 18.0 Å². The molecule has 0 aliphatic carbocycles. The molecule has 2 rings (SSSR count). The summed E-state index contributed by atoms with van der Waals surface area (Å²) in [5.74, 6) is -1.20. The van der Waals surface area contributed by atoms with Gasteiger partial charge in [-0.3, -0.25) is 14.8 Å². The average Bonchev–Trinajstić information content (AvgIpc) is 2.60. The van der Waals surface area contributed by atoms with Gasteiger partial charge >= 0.3 is 0 Å². The summed E-state index contributed by atoms with van der Waals surface area (Å²) in [6, 6.07) is 12.5. The number of aryl methyl sites for hydroxylation is 1. The fourth-order valence-corrected chi connectivity index (χ4v) is 2.89. The number of carbonyl (C=O) groups is 2. The summed E-state index contributed by atoms with van der Waals surface area (Å²) in [5, 5.41) is 11.0. The van der Waals surface area contributed by atoms with Crippen LogP contribution in [-0.4, -0.2) is 32.0 Å². The van der Waals surface area contributed by atoms with Crippen molar-refractivity contribution < 1.29 is 23.2 Å². The largest absolute Gasteiger partial charge is 0.322 e. The van der Waals surface area contributed by atoms with Crippen LogP contribution in [0.1, 0.15) is 15.9 Å².